The molecule has 0 aliphatic rings. The molecule has 0 bridgehead atoms. The van der Waals surface area contributed by atoms with Crippen molar-refractivity contribution in [1.29, 1.82) is 0 Å². The minimum absolute atomic E-state index is 0.247. The van der Waals surface area contributed by atoms with Crippen molar-refractivity contribution in [2.45, 2.75) is 45.4 Å². The first-order valence-electron chi connectivity index (χ1n) is 13.8. The van der Waals surface area contributed by atoms with Gasteiger partial charge in [0.1, 0.15) is 17.9 Å². The third-order valence-electron chi connectivity index (χ3n) is 6.99. The zero-order chi connectivity index (χ0) is 29.5. The van der Waals surface area contributed by atoms with Crippen LogP contribution in [0, 0.1) is 6.92 Å². The molecule has 1 aromatic heterocycles. The molecule has 0 aliphatic carbocycles. The van der Waals surface area contributed by atoms with Gasteiger partial charge in [0.05, 0.1) is 5.69 Å². The number of halogens is 3. The van der Waals surface area contributed by atoms with E-state index in [1.807, 2.05) is 48.5 Å². The molecule has 42 heavy (non-hydrogen) atoms. The van der Waals surface area contributed by atoms with Crippen molar-refractivity contribution in [3.8, 4) is 34.0 Å². The molecule has 1 heterocycles. The van der Waals surface area contributed by atoms with Gasteiger partial charge in [0, 0.05) is 18.4 Å². The average molecular weight is 570 g/mol. The molecule has 0 N–H and O–H groups in total. The van der Waals surface area contributed by atoms with Gasteiger partial charge in [-0.3, -0.25) is 4.79 Å². The Balaban J connectivity index is 1.09. The molecule has 5 nitrogen and oxygen atoms in total. The van der Waals surface area contributed by atoms with E-state index in [1.54, 1.807) is 0 Å². The maximum Gasteiger partial charge on any atom is 0.573 e. The predicted molar refractivity (Wildman–Crippen MR) is 156 cm³/mol. The highest BCUT2D eigenvalue weighted by atomic mass is 19.4. The van der Waals surface area contributed by atoms with Crippen LogP contribution < -0.4 is 4.74 Å². The number of aryl methyl sites for hydroxylation is 2. The number of unbranched alkanes of at least 4 members (excludes halogenated alkanes) is 1. The van der Waals surface area contributed by atoms with E-state index in [2.05, 4.69) is 46.0 Å². The minimum Gasteiger partial charge on any atom is -0.406 e. The van der Waals surface area contributed by atoms with Crippen LogP contribution >= 0.6 is 0 Å². The fraction of sp³-hybridized carbons (Fsp3) is 0.206. The summed E-state index contributed by atoms with van der Waals surface area (Å²) in [5.74, 6) is 0.459. The summed E-state index contributed by atoms with van der Waals surface area (Å²) in [6, 6.07) is 29.9. The lowest BCUT2D eigenvalue weighted by Crippen LogP contribution is -2.17. The van der Waals surface area contributed by atoms with Crippen molar-refractivity contribution >= 4 is 5.78 Å². The lowest BCUT2D eigenvalue weighted by molar-refractivity contribution is -0.274. The van der Waals surface area contributed by atoms with Crippen molar-refractivity contribution < 1.29 is 22.7 Å². The smallest absolute Gasteiger partial charge is 0.406 e. The number of alkyl halides is 3. The summed E-state index contributed by atoms with van der Waals surface area (Å²) in [6.07, 6.45) is 0.382. The lowest BCUT2D eigenvalue weighted by atomic mass is 9.96. The Labute approximate surface area is 242 Å². The summed E-state index contributed by atoms with van der Waals surface area (Å²) >= 11 is 0. The summed E-state index contributed by atoms with van der Waals surface area (Å²) in [6.45, 7) is 2.09. The van der Waals surface area contributed by atoms with Gasteiger partial charge >= 0.3 is 6.36 Å². The van der Waals surface area contributed by atoms with E-state index >= 15 is 0 Å². The topological polar surface area (TPSA) is 57.0 Å². The monoisotopic (exact) mass is 569 g/mol. The first-order valence-corrected chi connectivity index (χ1v) is 13.8. The van der Waals surface area contributed by atoms with Gasteiger partial charge in [-0.2, -0.15) is 0 Å². The zero-order valence-electron chi connectivity index (χ0n) is 23.1. The Morgan fingerprint density at radius 1 is 0.833 bits per heavy atom. The van der Waals surface area contributed by atoms with Crippen LogP contribution in [0.4, 0.5) is 13.2 Å². The van der Waals surface area contributed by atoms with Crippen molar-refractivity contribution in [2.24, 2.45) is 0 Å². The molecule has 0 atom stereocenters. The Hall–Kier alpha value is -4.72. The Kier molecular flexibility index (Phi) is 8.81. The van der Waals surface area contributed by atoms with E-state index in [1.165, 1.54) is 46.4 Å². The van der Waals surface area contributed by atoms with Gasteiger partial charge in [-0.05, 0) is 78.3 Å². The van der Waals surface area contributed by atoms with Gasteiger partial charge < -0.3 is 4.74 Å². The standard InChI is InChI=1S/C34H30F3N3O2/c1-24-7-2-5-12-32(24)28-10-6-9-26(21-28)22-30(41)11-4-3-8-25-13-15-27(16-14-25)33-38-23-40(39-33)29-17-19-31(20-18-29)42-34(35,36)37/h2,5-7,9-10,12-21,23H,3-4,8,11,22H2,1H3. The largest absolute Gasteiger partial charge is 0.573 e. The Morgan fingerprint density at radius 2 is 1.60 bits per heavy atom. The number of rotatable bonds is 11. The molecule has 5 rings (SSSR count). The van der Waals surface area contributed by atoms with E-state index in [-0.39, 0.29) is 11.5 Å². The number of carbonyl (C=O) groups is 1. The van der Waals surface area contributed by atoms with Crippen molar-refractivity contribution in [3.05, 3.63) is 120 Å². The SMILES string of the molecule is Cc1ccccc1-c1cccc(CC(=O)CCCCc2ccc(-c3ncn(-c4ccc(OC(F)(F)F)cc4)n3)cc2)c1. The number of carbonyl (C=O) groups excluding carboxylic acids is 1. The molecule has 214 valence electrons. The number of hydrogen-bond acceptors (Lipinski definition) is 4. The molecule has 8 heteroatoms. The van der Waals surface area contributed by atoms with E-state index in [0.29, 0.717) is 24.4 Å². The fourth-order valence-electron chi connectivity index (χ4n) is 4.85. The molecule has 0 radical (unpaired) electrons. The summed E-state index contributed by atoms with van der Waals surface area (Å²) in [4.78, 5) is 17.0. The van der Waals surface area contributed by atoms with Crippen molar-refractivity contribution in [2.75, 3.05) is 0 Å². The Bertz CT molecular complexity index is 1640. The molecule has 0 saturated carbocycles. The molecule has 0 unspecified atom stereocenters. The highest BCUT2D eigenvalue weighted by molar-refractivity contribution is 5.81. The van der Waals surface area contributed by atoms with Crippen molar-refractivity contribution in [3.63, 3.8) is 0 Å². The molecule has 0 fully saturated rings. The third kappa shape index (κ3) is 7.72. The highest BCUT2D eigenvalue weighted by Gasteiger charge is 2.31. The number of hydrogen-bond donors (Lipinski definition) is 0. The maximum absolute atomic E-state index is 12.6. The molecule has 0 amide bonds. The fourth-order valence-corrected chi connectivity index (χ4v) is 4.85. The van der Waals surface area contributed by atoms with Crippen LogP contribution in [0.1, 0.15) is 36.0 Å². The minimum atomic E-state index is -4.74. The number of nitrogens with zero attached hydrogens (tertiary/aromatic N) is 3. The van der Waals surface area contributed by atoms with Crippen LogP contribution in [0.5, 0.6) is 5.75 Å². The van der Waals surface area contributed by atoms with Crippen LogP contribution in [0.3, 0.4) is 0 Å². The summed E-state index contributed by atoms with van der Waals surface area (Å²) in [5.41, 5.74) is 7.14. The van der Waals surface area contributed by atoms with E-state index < -0.39 is 6.36 Å². The second kappa shape index (κ2) is 12.9. The average Bonchev–Trinajstić information content (AvgIpc) is 3.46. The van der Waals surface area contributed by atoms with Crippen molar-refractivity contribution in [1.82, 2.24) is 14.8 Å². The van der Waals surface area contributed by atoms with Gasteiger partial charge in [-0.25, -0.2) is 9.67 Å². The van der Waals surface area contributed by atoms with Gasteiger partial charge in [0.15, 0.2) is 5.82 Å². The summed E-state index contributed by atoms with van der Waals surface area (Å²) in [5, 5.41) is 4.45. The molecular weight excluding hydrogens is 539 g/mol. The van der Waals surface area contributed by atoms with E-state index in [4.69, 9.17) is 0 Å². The maximum atomic E-state index is 12.6. The first-order chi connectivity index (χ1) is 20.2. The normalized spacial score (nSPS) is 11.4. The molecular formula is C34H30F3N3O2. The van der Waals surface area contributed by atoms with Crippen LogP contribution in [0.25, 0.3) is 28.2 Å². The third-order valence-corrected chi connectivity index (χ3v) is 6.99. The predicted octanol–water partition coefficient (Wildman–Crippen LogP) is 8.33. The molecule has 0 saturated heterocycles. The van der Waals surface area contributed by atoms with Crippen LogP contribution in [-0.4, -0.2) is 26.9 Å². The zero-order valence-corrected chi connectivity index (χ0v) is 23.1. The summed E-state index contributed by atoms with van der Waals surface area (Å²) < 4.78 is 42.5. The lowest BCUT2D eigenvalue weighted by Gasteiger charge is -2.09. The van der Waals surface area contributed by atoms with E-state index in [0.717, 1.165) is 41.5 Å². The second-order valence-electron chi connectivity index (χ2n) is 10.2. The first kappa shape index (κ1) is 28.8. The number of ketones is 1. The van der Waals surface area contributed by atoms with Gasteiger partial charge in [-0.1, -0.05) is 72.8 Å². The molecule has 4 aromatic carbocycles. The quantitative estimate of drug-likeness (QED) is 0.150. The summed E-state index contributed by atoms with van der Waals surface area (Å²) in [7, 11) is 0. The number of ether oxygens (including phenoxy) is 1. The Morgan fingerprint density at radius 3 is 2.33 bits per heavy atom. The van der Waals surface area contributed by atoms with E-state index in [9.17, 15) is 18.0 Å². The molecule has 5 aromatic rings. The van der Waals surface area contributed by atoms with Gasteiger partial charge in [0.2, 0.25) is 0 Å². The number of aromatic nitrogens is 3. The van der Waals surface area contributed by atoms with Crippen LogP contribution in [0.2, 0.25) is 0 Å². The number of Topliss-reactive ketones (excluding diaryl/α,β-unsaturated/α-hetero) is 1. The molecule has 0 aliphatic heterocycles. The van der Waals surface area contributed by atoms with Crippen LogP contribution in [0.15, 0.2) is 103 Å². The second-order valence-corrected chi connectivity index (χ2v) is 10.2. The van der Waals surface area contributed by atoms with Gasteiger partial charge in [-0.15, -0.1) is 18.3 Å². The molecule has 0 spiro atoms. The number of benzene rings is 4. The van der Waals surface area contributed by atoms with Crippen LogP contribution in [-0.2, 0) is 17.6 Å². The van der Waals surface area contributed by atoms with Gasteiger partial charge in [0.25, 0.3) is 0 Å². The highest BCUT2D eigenvalue weighted by Crippen LogP contribution is 2.26.